The molecule has 6 saturated carbocycles. The second kappa shape index (κ2) is 3.70. The molecule has 0 aromatic carbocycles. The van der Waals surface area contributed by atoms with Crippen molar-refractivity contribution < 1.29 is 14.6 Å². The van der Waals surface area contributed by atoms with Crippen LogP contribution in [0.1, 0.15) is 39.0 Å². The molecule has 0 aromatic heterocycles. The fourth-order valence-electron chi connectivity index (χ4n) is 7.58. The summed E-state index contributed by atoms with van der Waals surface area (Å²) < 4.78 is 5.92. The molecule has 6 aliphatic rings. The van der Waals surface area contributed by atoms with Crippen LogP contribution in [0.4, 0.5) is 0 Å². The van der Waals surface area contributed by atoms with Crippen molar-refractivity contribution in [3.8, 4) is 0 Å². The first-order chi connectivity index (χ1) is 10.4. The topological polar surface area (TPSA) is 46.5 Å². The number of hydrogen-bond donors (Lipinski definition) is 1. The van der Waals surface area contributed by atoms with Crippen molar-refractivity contribution in [3.05, 3.63) is 12.7 Å². The van der Waals surface area contributed by atoms with E-state index < -0.39 is 5.41 Å². The van der Waals surface area contributed by atoms with Crippen molar-refractivity contribution in [2.45, 2.75) is 51.2 Å². The Hall–Kier alpha value is -0.670. The molecule has 0 radical (unpaired) electrons. The number of carbonyl (C=O) groups excluding carboxylic acids is 1. The summed E-state index contributed by atoms with van der Waals surface area (Å²) in [6, 6.07) is 0. The number of rotatable bonds is 2. The molecular formula is C19H26O3. The van der Waals surface area contributed by atoms with E-state index in [0.29, 0.717) is 30.0 Å². The lowest BCUT2D eigenvalue weighted by Crippen LogP contribution is -2.58. The third-order valence-corrected chi connectivity index (χ3v) is 8.58. The van der Waals surface area contributed by atoms with Gasteiger partial charge < -0.3 is 9.84 Å². The first kappa shape index (κ1) is 13.7. The standard InChI is InChI=1S/C19H26O3/c1-4-17(2)9-12(20)19-7-10(19)5-6-18-8-11(13(18)16(17)21)14(22-3)15(18)19/h4,10-15,20H,1,5-9H2,2-3H3/t10?,11?,12-,13+,14-,15?,17-,18+,19+/m1/s1. The first-order valence-electron chi connectivity index (χ1n) is 8.83. The van der Waals surface area contributed by atoms with Crippen LogP contribution in [0.5, 0.6) is 0 Å². The van der Waals surface area contributed by atoms with Crippen LogP contribution in [-0.2, 0) is 9.53 Å². The largest absolute Gasteiger partial charge is 0.392 e. The molecule has 3 nitrogen and oxygen atoms in total. The number of hydrogen-bond acceptors (Lipinski definition) is 3. The minimum absolute atomic E-state index is 0.0351. The Kier molecular flexibility index (Phi) is 2.31. The predicted octanol–water partition coefficient (Wildman–Crippen LogP) is 2.58. The maximum atomic E-state index is 13.3. The van der Waals surface area contributed by atoms with Gasteiger partial charge in [0.15, 0.2) is 0 Å². The van der Waals surface area contributed by atoms with Gasteiger partial charge in [0.2, 0.25) is 0 Å². The van der Waals surface area contributed by atoms with Gasteiger partial charge in [0.25, 0.3) is 0 Å². The zero-order valence-electron chi connectivity index (χ0n) is 13.5. The minimum Gasteiger partial charge on any atom is -0.392 e. The molecule has 3 unspecified atom stereocenters. The summed E-state index contributed by atoms with van der Waals surface area (Å²) in [7, 11) is 1.80. The van der Waals surface area contributed by atoms with Gasteiger partial charge in [0, 0.05) is 29.8 Å². The number of aliphatic hydroxyl groups is 1. The lowest BCUT2D eigenvalue weighted by Gasteiger charge is -2.56. The van der Waals surface area contributed by atoms with Crippen LogP contribution in [-0.4, -0.2) is 30.2 Å². The highest BCUT2D eigenvalue weighted by Crippen LogP contribution is 2.84. The van der Waals surface area contributed by atoms with Crippen molar-refractivity contribution in [1.82, 2.24) is 0 Å². The van der Waals surface area contributed by atoms with Crippen LogP contribution < -0.4 is 0 Å². The lowest BCUT2D eigenvalue weighted by molar-refractivity contribution is -0.160. The average molecular weight is 302 g/mol. The summed E-state index contributed by atoms with van der Waals surface area (Å²) in [6.45, 7) is 5.93. The Bertz CT molecular complexity index is 585. The van der Waals surface area contributed by atoms with Gasteiger partial charge in [0.1, 0.15) is 5.78 Å². The summed E-state index contributed by atoms with van der Waals surface area (Å²) in [5.74, 6) is 1.92. The van der Waals surface area contributed by atoms with Gasteiger partial charge in [-0.05, 0) is 56.3 Å². The molecule has 3 heteroatoms. The monoisotopic (exact) mass is 302 g/mol. The Balaban J connectivity index is 1.71. The van der Waals surface area contributed by atoms with Crippen LogP contribution in [0.25, 0.3) is 0 Å². The number of Topliss-reactive ketones (excluding diaryl/α,β-unsaturated/α-hetero) is 1. The summed E-state index contributed by atoms with van der Waals surface area (Å²) in [5.41, 5.74) is -0.409. The van der Waals surface area contributed by atoms with Crippen molar-refractivity contribution in [3.63, 3.8) is 0 Å². The maximum absolute atomic E-state index is 13.3. The second-order valence-corrected chi connectivity index (χ2v) is 9.01. The molecule has 0 aromatic rings. The van der Waals surface area contributed by atoms with Crippen LogP contribution in [0.15, 0.2) is 12.7 Å². The van der Waals surface area contributed by atoms with Gasteiger partial charge >= 0.3 is 0 Å². The predicted molar refractivity (Wildman–Crippen MR) is 82.0 cm³/mol. The molecule has 0 heterocycles. The number of ketones is 1. The highest BCUT2D eigenvalue weighted by atomic mass is 16.5. The van der Waals surface area contributed by atoms with Gasteiger partial charge in [-0.2, -0.15) is 0 Å². The summed E-state index contributed by atoms with van der Waals surface area (Å²) in [4.78, 5) is 13.3. The lowest BCUT2D eigenvalue weighted by atomic mass is 9.46. The average Bonchev–Trinajstić information content (AvgIpc) is 3.05. The summed E-state index contributed by atoms with van der Waals surface area (Å²) >= 11 is 0. The summed E-state index contributed by atoms with van der Waals surface area (Å²) in [6.07, 6.45) is 6.80. The number of carbonyl (C=O) groups is 1. The van der Waals surface area contributed by atoms with Gasteiger partial charge in [-0.3, -0.25) is 4.79 Å². The number of ether oxygens (including phenoxy) is 1. The molecule has 6 rings (SSSR count). The maximum Gasteiger partial charge on any atom is 0.146 e. The third kappa shape index (κ3) is 1.14. The molecular weight excluding hydrogens is 276 g/mol. The SMILES string of the molecule is C=C[C@]1(C)C[C@@H](O)[C@]23CC2CC[C@@]24CC([C@@H](OC)C23)[C@H]4C1=O. The zero-order chi connectivity index (χ0) is 15.5. The Labute approximate surface area is 132 Å². The van der Waals surface area contributed by atoms with Crippen LogP contribution in [0, 0.1) is 39.9 Å². The van der Waals surface area contributed by atoms with Crippen LogP contribution in [0.3, 0.4) is 0 Å². The molecule has 5 bridgehead atoms. The quantitative estimate of drug-likeness (QED) is 0.798. The molecule has 22 heavy (non-hydrogen) atoms. The van der Waals surface area contributed by atoms with E-state index >= 15 is 0 Å². The number of aliphatic hydroxyl groups excluding tert-OH is 1. The number of methoxy groups -OCH3 is 1. The van der Waals surface area contributed by atoms with Crippen molar-refractivity contribution in [2.24, 2.45) is 39.9 Å². The molecule has 6 aliphatic carbocycles. The van der Waals surface area contributed by atoms with E-state index in [0.717, 1.165) is 19.3 Å². The van der Waals surface area contributed by atoms with Gasteiger partial charge in [-0.25, -0.2) is 0 Å². The second-order valence-electron chi connectivity index (χ2n) is 9.01. The Morgan fingerprint density at radius 1 is 1.36 bits per heavy atom. The fourth-order valence-corrected chi connectivity index (χ4v) is 7.58. The van der Waals surface area contributed by atoms with E-state index in [2.05, 4.69) is 6.58 Å². The normalized spacial score (nSPS) is 64.2. The van der Waals surface area contributed by atoms with E-state index in [1.807, 2.05) is 6.92 Å². The van der Waals surface area contributed by atoms with E-state index in [-0.39, 0.29) is 29.0 Å². The summed E-state index contributed by atoms with van der Waals surface area (Å²) in [5, 5.41) is 11.1. The molecule has 0 saturated heterocycles. The molecule has 120 valence electrons. The molecule has 9 atom stereocenters. The minimum atomic E-state index is -0.570. The molecule has 1 N–H and O–H groups in total. The zero-order valence-corrected chi connectivity index (χ0v) is 13.5. The van der Waals surface area contributed by atoms with Crippen molar-refractivity contribution >= 4 is 5.78 Å². The Morgan fingerprint density at radius 2 is 2.14 bits per heavy atom. The molecule has 0 amide bonds. The van der Waals surface area contributed by atoms with Crippen molar-refractivity contribution in [1.29, 1.82) is 0 Å². The highest BCUT2D eigenvalue weighted by molar-refractivity contribution is 5.91. The number of allylic oxidation sites excluding steroid dienone is 1. The van der Waals surface area contributed by atoms with Gasteiger partial charge in [0.05, 0.1) is 12.2 Å². The van der Waals surface area contributed by atoms with E-state index in [9.17, 15) is 9.90 Å². The first-order valence-corrected chi connectivity index (χ1v) is 8.83. The Morgan fingerprint density at radius 3 is 2.82 bits per heavy atom. The van der Waals surface area contributed by atoms with Crippen molar-refractivity contribution in [2.75, 3.05) is 7.11 Å². The van der Waals surface area contributed by atoms with E-state index in [4.69, 9.17) is 4.74 Å². The van der Waals surface area contributed by atoms with E-state index in [1.54, 1.807) is 13.2 Å². The smallest absolute Gasteiger partial charge is 0.146 e. The van der Waals surface area contributed by atoms with E-state index in [1.165, 1.54) is 6.42 Å². The third-order valence-electron chi connectivity index (χ3n) is 8.58. The van der Waals surface area contributed by atoms with Crippen LogP contribution >= 0.6 is 0 Å². The molecule has 0 aliphatic heterocycles. The van der Waals surface area contributed by atoms with Gasteiger partial charge in [-0.15, -0.1) is 6.58 Å². The molecule has 6 fully saturated rings. The van der Waals surface area contributed by atoms with Crippen LogP contribution in [0.2, 0.25) is 0 Å². The molecule has 2 spiro atoms. The fraction of sp³-hybridized carbons (Fsp3) is 0.842. The van der Waals surface area contributed by atoms with Gasteiger partial charge in [-0.1, -0.05) is 6.08 Å². The highest BCUT2D eigenvalue weighted by Gasteiger charge is 2.84.